The zero-order valence-electron chi connectivity index (χ0n) is 29.9. The molecule has 0 aliphatic heterocycles. The number of para-hydroxylation sites is 2. The quantitative estimate of drug-likeness (QED) is 0.170. The van der Waals surface area contributed by atoms with Gasteiger partial charge in [-0.2, -0.15) is 0 Å². The van der Waals surface area contributed by atoms with E-state index in [1.807, 2.05) is 127 Å². The molecule has 262 valence electrons. The van der Waals surface area contributed by atoms with Crippen LogP contribution in [0.5, 0.6) is 0 Å². The van der Waals surface area contributed by atoms with Gasteiger partial charge in [-0.1, -0.05) is 158 Å². The number of hydrogen-bond acceptors (Lipinski definition) is 6. The highest BCUT2D eigenvalue weighted by molar-refractivity contribution is 6.27. The zero-order valence-corrected chi connectivity index (χ0v) is 29.9. The number of hydrogen-bond donors (Lipinski definition) is 0. The monoisotopic (exact) mass is 718 g/mol. The molecule has 7 nitrogen and oxygen atoms in total. The fourth-order valence-electron chi connectivity index (χ4n) is 7.69. The Morgan fingerprint density at radius 2 is 0.893 bits per heavy atom. The van der Waals surface area contributed by atoms with Crippen molar-refractivity contribution in [2.45, 2.75) is 0 Å². The Kier molecular flexibility index (Phi) is 7.35. The van der Waals surface area contributed by atoms with Crippen molar-refractivity contribution in [3.63, 3.8) is 0 Å². The van der Waals surface area contributed by atoms with Crippen LogP contribution in [0.1, 0.15) is 0 Å². The molecule has 11 rings (SSSR count). The number of nitrogens with zero attached hydrogens (tertiary/aromatic N) is 6. The molecule has 11 aromatic rings. The Hall–Kier alpha value is -7.77. The second-order valence-corrected chi connectivity index (χ2v) is 13.7. The van der Waals surface area contributed by atoms with E-state index in [2.05, 4.69) is 59.2 Å². The van der Waals surface area contributed by atoms with Gasteiger partial charge in [0.1, 0.15) is 17.0 Å². The summed E-state index contributed by atoms with van der Waals surface area (Å²) in [6.07, 6.45) is 0. The Morgan fingerprint density at radius 3 is 1.52 bits per heavy atom. The van der Waals surface area contributed by atoms with Gasteiger partial charge in [0.25, 0.3) is 0 Å². The minimum absolute atomic E-state index is 0.541. The maximum absolute atomic E-state index is 6.79. The third-order valence-corrected chi connectivity index (χ3v) is 10.3. The van der Waals surface area contributed by atoms with Gasteiger partial charge < -0.3 is 4.42 Å². The molecule has 0 saturated heterocycles. The molecule has 7 heteroatoms. The van der Waals surface area contributed by atoms with E-state index in [9.17, 15) is 0 Å². The average molecular weight is 719 g/mol. The molecule has 0 spiro atoms. The Balaban J connectivity index is 1.31. The van der Waals surface area contributed by atoms with Crippen LogP contribution in [0, 0.1) is 0 Å². The molecule has 7 aromatic carbocycles. The molecule has 0 N–H and O–H groups in total. The third kappa shape index (κ3) is 5.25. The van der Waals surface area contributed by atoms with E-state index in [1.54, 1.807) is 0 Å². The van der Waals surface area contributed by atoms with E-state index in [0.717, 1.165) is 77.3 Å². The number of furan rings is 1. The van der Waals surface area contributed by atoms with Gasteiger partial charge in [-0.3, -0.25) is 4.57 Å². The van der Waals surface area contributed by atoms with E-state index in [4.69, 9.17) is 29.3 Å². The van der Waals surface area contributed by atoms with Gasteiger partial charge in [0.15, 0.2) is 23.3 Å². The molecule has 0 fully saturated rings. The number of fused-ring (bicyclic) bond motifs is 7. The molecule has 4 heterocycles. The topological polar surface area (TPSA) is 82.5 Å². The first-order valence-corrected chi connectivity index (χ1v) is 18.5. The summed E-state index contributed by atoms with van der Waals surface area (Å²) >= 11 is 0. The van der Waals surface area contributed by atoms with Crippen LogP contribution >= 0.6 is 0 Å². The second kappa shape index (κ2) is 13.0. The van der Waals surface area contributed by atoms with Crippen molar-refractivity contribution in [2.24, 2.45) is 0 Å². The maximum Gasteiger partial charge on any atom is 0.166 e. The van der Waals surface area contributed by atoms with Crippen LogP contribution in [0.3, 0.4) is 0 Å². The van der Waals surface area contributed by atoms with Gasteiger partial charge >= 0.3 is 0 Å². The molecule has 0 amide bonds. The lowest BCUT2D eigenvalue weighted by Gasteiger charge is -2.14. The number of aromatic nitrogens is 6. The zero-order chi connectivity index (χ0) is 37.0. The smallest absolute Gasteiger partial charge is 0.166 e. The predicted octanol–water partition coefficient (Wildman–Crippen LogP) is 12.0. The van der Waals surface area contributed by atoms with Gasteiger partial charge in [-0.05, 0) is 18.2 Å². The normalized spacial score (nSPS) is 11.6. The van der Waals surface area contributed by atoms with Crippen LogP contribution < -0.4 is 0 Å². The summed E-state index contributed by atoms with van der Waals surface area (Å²) in [4.78, 5) is 26.0. The van der Waals surface area contributed by atoms with E-state index < -0.39 is 0 Å². The maximum atomic E-state index is 6.79. The fourth-order valence-corrected chi connectivity index (χ4v) is 7.69. The first-order valence-electron chi connectivity index (χ1n) is 18.5. The summed E-state index contributed by atoms with van der Waals surface area (Å²) in [7, 11) is 0. The molecule has 0 atom stereocenters. The molecule has 0 radical (unpaired) electrons. The molecule has 0 aliphatic rings. The van der Waals surface area contributed by atoms with Crippen LogP contribution in [0.15, 0.2) is 186 Å². The summed E-state index contributed by atoms with van der Waals surface area (Å²) in [5, 5.41) is 3.97. The number of rotatable bonds is 6. The number of benzene rings is 7. The molecule has 56 heavy (non-hydrogen) atoms. The SMILES string of the molecule is c1ccc(-c2cc(-n3c4ccccc4c4c5oc6ccccc6c5cc(-c5nc(-c6ccccc6)nc(-c6ccccc6)n5)c43)nc(-c3ccccc3)n2)cc1. The molecular weight excluding hydrogens is 689 g/mol. The van der Waals surface area contributed by atoms with Crippen molar-refractivity contribution in [1.82, 2.24) is 29.5 Å². The van der Waals surface area contributed by atoms with Crippen molar-refractivity contribution in [3.8, 4) is 62.6 Å². The largest absolute Gasteiger partial charge is 0.455 e. The highest BCUT2D eigenvalue weighted by atomic mass is 16.3. The van der Waals surface area contributed by atoms with Gasteiger partial charge in [0.05, 0.1) is 22.1 Å². The van der Waals surface area contributed by atoms with Crippen LogP contribution in [0.2, 0.25) is 0 Å². The van der Waals surface area contributed by atoms with Crippen molar-refractivity contribution in [3.05, 3.63) is 182 Å². The van der Waals surface area contributed by atoms with Gasteiger partial charge in [-0.25, -0.2) is 24.9 Å². The van der Waals surface area contributed by atoms with Gasteiger partial charge in [0.2, 0.25) is 0 Å². The Bertz CT molecular complexity index is 3120. The molecule has 0 aliphatic carbocycles. The van der Waals surface area contributed by atoms with E-state index in [-0.39, 0.29) is 0 Å². The van der Waals surface area contributed by atoms with Gasteiger partial charge in [-0.15, -0.1) is 0 Å². The highest BCUT2D eigenvalue weighted by Gasteiger charge is 2.26. The Morgan fingerprint density at radius 1 is 0.393 bits per heavy atom. The van der Waals surface area contributed by atoms with Crippen LogP contribution in [0.25, 0.3) is 106 Å². The molecule has 4 aromatic heterocycles. The van der Waals surface area contributed by atoms with Crippen LogP contribution in [-0.2, 0) is 0 Å². The van der Waals surface area contributed by atoms with E-state index in [0.29, 0.717) is 29.1 Å². The summed E-state index contributed by atoms with van der Waals surface area (Å²) in [6, 6.07) is 61.4. The van der Waals surface area contributed by atoms with Crippen molar-refractivity contribution < 1.29 is 4.42 Å². The standard InChI is InChI=1S/C49H30N6O/c1-5-17-31(18-6-1)39-30-42(51-46(50-39)32-19-7-2-8-20-32)55-40-27-15-13-26-36(40)43-44(55)38(29-37-35-25-14-16-28-41(35)56-45(37)43)49-53-47(33-21-9-3-10-22-33)52-48(54-49)34-23-11-4-12-24-34/h1-30H. The first-order chi connectivity index (χ1) is 27.8. The lowest BCUT2D eigenvalue weighted by Crippen LogP contribution is -2.05. The van der Waals surface area contributed by atoms with Crippen LogP contribution in [0.4, 0.5) is 0 Å². The predicted molar refractivity (Wildman–Crippen MR) is 224 cm³/mol. The molecule has 0 bridgehead atoms. The van der Waals surface area contributed by atoms with E-state index >= 15 is 0 Å². The lowest BCUT2D eigenvalue weighted by molar-refractivity contribution is 0.673. The minimum Gasteiger partial charge on any atom is -0.455 e. The van der Waals surface area contributed by atoms with Crippen molar-refractivity contribution >= 4 is 43.7 Å². The minimum atomic E-state index is 0.541. The lowest BCUT2D eigenvalue weighted by atomic mass is 10.0. The average Bonchev–Trinajstić information content (AvgIpc) is 3.83. The highest BCUT2D eigenvalue weighted by Crippen LogP contribution is 2.45. The molecular formula is C49H30N6O. The molecule has 0 unspecified atom stereocenters. The fraction of sp³-hybridized carbons (Fsp3) is 0. The van der Waals surface area contributed by atoms with Crippen molar-refractivity contribution in [1.29, 1.82) is 0 Å². The van der Waals surface area contributed by atoms with E-state index in [1.165, 1.54) is 0 Å². The molecule has 0 saturated carbocycles. The second-order valence-electron chi connectivity index (χ2n) is 13.7. The Labute approximate surface area is 321 Å². The van der Waals surface area contributed by atoms with Crippen molar-refractivity contribution in [2.75, 3.05) is 0 Å². The summed E-state index contributed by atoms with van der Waals surface area (Å²) in [5.74, 6) is 3.04. The summed E-state index contributed by atoms with van der Waals surface area (Å²) in [6.45, 7) is 0. The summed E-state index contributed by atoms with van der Waals surface area (Å²) < 4.78 is 9.01. The third-order valence-electron chi connectivity index (χ3n) is 10.3. The summed E-state index contributed by atoms with van der Waals surface area (Å²) in [5.41, 5.74) is 8.79. The van der Waals surface area contributed by atoms with Gasteiger partial charge in [0, 0.05) is 50.0 Å². The first kappa shape index (κ1) is 31.7. The van der Waals surface area contributed by atoms with Crippen LogP contribution in [-0.4, -0.2) is 29.5 Å².